The predicted octanol–water partition coefficient (Wildman–Crippen LogP) is 6.75. The largest absolute Gasteiger partial charge is 0.430 e. The van der Waals surface area contributed by atoms with E-state index in [1.165, 1.54) is 31.4 Å². The number of nitrogens with zero attached hydrogens (tertiary/aromatic N) is 4. The van der Waals surface area contributed by atoms with Crippen molar-refractivity contribution in [2.75, 3.05) is 13.1 Å². The summed E-state index contributed by atoms with van der Waals surface area (Å²) >= 11 is 7.59. The Morgan fingerprint density at radius 2 is 1.90 bits per heavy atom. The average Bonchev–Trinajstić information content (AvgIpc) is 3.23. The molecule has 31 heavy (non-hydrogen) atoms. The summed E-state index contributed by atoms with van der Waals surface area (Å²) in [4.78, 5) is 11.2. The first-order chi connectivity index (χ1) is 15.1. The third-order valence-corrected chi connectivity index (χ3v) is 5.82. The summed E-state index contributed by atoms with van der Waals surface area (Å²) in [6, 6.07) is 9.88. The van der Waals surface area contributed by atoms with Crippen molar-refractivity contribution in [2.24, 2.45) is 4.99 Å². The first-order valence-electron chi connectivity index (χ1n) is 10.1. The van der Waals surface area contributed by atoms with Gasteiger partial charge in [0.25, 0.3) is 5.19 Å². The number of halogens is 2. The average molecular weight is 457 g/mol. The van der Waals surface area contributed by atoms with Gasteiger partial charge in [0.05, 0.1) is 17.0 Å². The summed E-state index contributed by atoms with van der Waals surface area (Å²) in [5, 5.41) is 0.942. The van der Waals surface area contributed by atoms with Crippen molar-refractivity contribution < 1.29 is 9.13 Å². The third kappa shape index (κ3) is 5.89. The van der Waals surface area contributed by atoms with Gasteiger partial charge in [-0.05, 0) is 61.6 Å². The van der Waals surface area contributed by atoms with Gasteiger partial charge >= 0.3 is 0 Å². The van der Waals surface area contributed by atoms with E-state index in [9.17, 15) is 4.39 Å². The van der Waals surface area contributed by atoms with E-state index in [2.05, 4.69) is 19.2 Å². The lowest BCUT2D eigenvalue weighted by Crippen LogP contribution is -2.27. The molecule has 0 bridgehead atoms. The number of likely N-dealkylation sites (tertiary alicyclic amines) is 1. The monoisotopic (exact) mass is 456 g/mol. The summed E-state index contributed by atoms with van der Waals surface area (Å²) in [7, 11) is 0. The Morgan fingerprint density at radius 3 is 2.68 bits per heavy atom. The van der Waals surface area contributed by atoms with Gasteiger partial charge in [-0.15, -0.1) is 0 Å². The highest BCUT2D eigenvalue weighted by atomic mass is 35.5. The number of rotatable bonds is 6. The van der Waals surface area contributed by atoms with Crippen LogP contribution in [0.15, 0.2) is 41.4 Å². The third-order valence-electron chi connectivity index (χ3n) is 4.91. The van der Waals surface area contributed by atoms with Crippen molar-refractivity contribution in [2.45, 2.75) is 26.2 Å². The summed E-state index contributed by atoms with van der Waals surface area (Å²) in [6.07, 6.45) is 9.15. The van der Waals surface area contributed by atoms with Crippen LogP contribution in [0.3, 0.4) is 0 Å². The molecule has 0 atom stereocenters. The molecule has 1 aliphatic heterocycles. The van der Waals surface area contributed by atoms with E-state index in [-0.39, 0.29) is 5.82 Å². The van der Waals surface area contributed by atoms with Crippen LogP contribution in [0.5, 0.6) is 10.9 Å². The van der Waals surface area contributed by atoms with Crippen LogP contribution in [0.1, 0.15) is 36.2 Å². The lowest BCUT2D eigenvalue weighted by atomic mass is 10.1. The molecule has 0 N–H and O–H groups in total. The molecular formula is C23H22ClFN4OS. The Hall–Kier alpha value is -2.77. The molecule has 3 aromatic rings. The van der Waals surface area contributed by atoms with Crippen LogP contribution in [0.25, 0.3) is 12.2 Å². The minimum Gasteiger partial charge on any atom is -0.430 e. The van der Waals surface area contributed by atoms with E-state index in [4.69, 9.17) is 16.3 Å². The predicted molar refractivity (Wildman–Crippen MR) is 125 cm³/mol. The molecular weight excluding hydrogens is 435 g/mol. The second-order valence-corrected chi connectivity index (χ2v) is 8.44. The fraction of sp³-hybridized carbons (Fsp3) is 0.261. The maximum absolute atomic E-state index is 13.0. The molecule has 0 spiro atoms. The second kappa shape index (κ2) is 10.0. The zero-order valence-electron chi connectivity index (χ0n) is 17.1. The van der Waals surface area contributed by atoms with Crippen molar-refractivity contribution in [3.05, 3.63) is 64.2 Å². The molecule has 0 saturated carbocycles. The van der Waals surface area contributed by atoms with Crippen molar-refractivity contribution in [3.8, 4) is 10.9 Å². The molecule has 4 rings (SSSR count). The van der Waals surface area contributed by atoms with Gasteiger partial charge in [0, 0.05) is 30.7 Å². The smallest absolute Gasteiger partial charge is 0.299 e. The molecule has 1 saturated heterocycles. The van der Waals surface area contributed by atoms with Crippen LogP contribution >= 0.6 is 23.1 Å². The number of piperidine rings is 1. The number of hydrogen-bond acceptors (Lipinski definition) is 5. The molecule has 5 nitrogen and oxygen atoms in total. The van der Waals surface area contributed by atoms with Crippen LogP contribution in [-0.2, 0) is 0 Å². The highest BCUT2D eigenvalue weighted by Gasteiger charge is 2.11. The molecule has 160 valence electrons. The molecule has 2 heterocycles. The molecule has 1 fully saturated rings. The Labute approximate surface area is 190 Å². The maximum Gasteiger partial charge on any atom is 0.299 e. The van der Waals surface area contributed by atoms with Gasteiger partial charge in [-0.25, -0.2) is 9.38 Å². The van der Waals surface area contributed by atoms with E-state index in [0.717, 1.165) is 41.4 Å². The SMILES string of the molecule is Cc1cc(N=CN2CCCCC2)c(Cl)cc1Oc1nc(C=Cc2ccc(F)cc2)ns1. The summed E-state index contributed by atoms with van der Waals surface area (Å²) < 4.78 is 23.2. The molecule has 0 amide bonds. The first-order valence-corrected chi connectivity index (χ1v) is 11.3. The van der Waals surface area contributed by atoms with E-state index in [1.807, 2.05) is 25.4 Å². The van der Waals surface area contributed by atoms with E-state index in [0.29, 0.717) is 21.8 Å². The second-order valence-electron chi connectivity index (χ2n) is 7.32. The van der Waals surface area contributed by atoms with Gasteiger partial charge in [0.2, 0.25) is 0 Å². The van der Waals surface area contributed by atoms with Crippen LogP contribution in [0, 0.1) is 12.7 Å². The van der Waals surface area contributed by atoms with Gasteiger partial charge in [-0.1, -0.05) is 29.8 Å². The van der Waals surface area contributed by atoms with Gasteiger partial charge in [-0.3, -0.25) is 0 Å². The Bertz CT molecular complexity index is 1090. The Morgan fingerprint density at radius 1 is 1.13 bits per heavy atom. The van der Waals surface area contributed by atoms with Crippen LogP contribution in [0.2, 0.25) is 5.02 Å². The molecule has 1 aromatic heterocycles. The quantitative estimate of drug-likeness (QED) is 0.304. The highest BCUT2D eigenvalue weighted by Crippen LogP contribution is 2.35. The molecule has 0 aliphatic carbocycles. The number of aliphatic imine (C=N–C) groups is 1. The number of aromatic nitrogens is 2. The lowest BCUT2D eigenvalue weighted by Gasteiger charge is -2.23. The van der Waals surface area contributed by atoms with E-state index >= 15 is 0 Å². The van der Waals surface area contributed by atoms with Gasteiger partial charge in [0.1, 0.15) is 11.6 Å². The van der Waals surface area contributed by atoms with Crippen LogP contribution in [-0.4, -0.2) is 33.7 Å². The minimum absolute atomic E-state index is 0.267. The van der Waals surface area contributed by atoms with E-state index in [1.54, 1.807) is 24.3 Å². The summed E-state index contributed by atoms with van der Waals surface area (Å²) in [6.45, 7) is 4.02. The van der Waals surface area contributed by atoms with Gasteiger partial charge in [0.15, 0.2) is 5.82 Å². The standard InChI is InChI=1S/C23H22ClFN4OS/c1-16-13-20(26-15-29-11-3-2-4-12-29)19(24)14-21(16)30-23-27-22(28-31-23)10-7-17-5-8-18(25)9-6-17/h5-10,13-15H,2-4,11-12H2,1H3. The van der Waals surface area contributed by atoms with Crippen LogP contribution in [0.4, 0.5) is 10.1 Å². The van der Waals surface area contributed by atoms with Crippen LogP contribution < -0.4 is 4.74 Å². The fourth-order valence-corrected chi connectivity index (χ4v) is 3.94. The fourth-order valence-electron chi connectivity index (χ4n) is 3.20. The zero-order valence-corrected chi connectivity index (χ0v) is 18.7. The van der Waals surface area contributed by atoms with Crippen molar-refractivity contribution in [3.63, 3.8) is 0 Å². The number of hydrogen-bond donors (Lipinski definition) is 0. The van der Waals surface area contributed by atoms with Gasteiger partial charge in [-0.2, -0.15) is 9.36 Å². The normalized spacial score (nSPS) is 14.6. The summed E-state index contributed by atoms with van der Waals surface area (Å²) in [5.41, 5.74) is 2.49. The van der Waals surface area contributed by atoms with Crippen molar-refractivity contribution in [1.29, 1.82) is 0 Å². The molecule has 8 heteroatoms. The van der Waals surface area contributed by atoms with E-state index < -0.39 is 0 Å². The zero-order chi connectivity index (χ0) is 21.6. The highest BCUT2D eigenvalue weighted by molar-refractivity contribution is 7.07. The van der Waals surface area contributed by atoms with Crippen molar-refractivity contribution >= 4 is 47.3 Å². The molecule has 0 unspecified atom stereocenters. The first kappa shape index (κ1) is 21.5. The summed E-state index contributed by atoms with van der Waals surface area (Å²) in [5.74, 6) is 0.875. The molecule has 2 aromatic carbocycles. The topological polar surface area (TPSA) is 50.6 Å². The minimum atomic E-state index is -0.267. The van der Waals surface area contributed by atoms with Crippen molar-refractivity contribution in [1.82, 2.24) is 14.3 Å². The Balaban J connectivity index is 1.42. The number of aryl methyl sites for hydroxylation is 1. The van der Waals surface area contributed by atoms with Gasteiger partial charge < -0.3 is 9.64 Å². The molecule has 0 radical (unpaired) electrons. The maximum atomic E-state index is 13.0. The molecule has 1 aliphatic rings. The number of benzene rings is 2. The lowest BCUT2D eigenvalue weighted by molar-refractivity contribution is 0.351. The Kier molecular flexibility index (Phi) is 6.94. The number of ether oxygens (including phenoxy) is 1.